The van der Waals surface area contributed by atoms with Crippen LogP contribution in [-0.2, 0) is 16.1 Å². The number of hydrogen-bond acceptors (Lipinski definition) is 4. The van der Waals surface area contributed by atoms with Gasteiger partial charge in [-0.1, -0.05) is 18.2 Å². The van der Waals surface area contributed by atoms with Crippen LogP contribution in [0.5, 0.6) is 0 Å². The summed E-state index contributed by atoms with van der Waals surface area (Å²) < 4.78 is 6.56. The first-order valence-corrected chi connectivity index (χ1v) is 7.28. The Hall–Kier alpha value is -2.41. The molecule has 0 unspecified atom stereocenters. The third-order valence-electron chi connectivity index (χ3n) is 3.05. The average Bonchev–Trinajstić information content (AvgIpc) is 2.86. The van der Waals surface area contributed by atoms with Gasteiger partial charge in [-0.2, -0.15) is 5.10 Å². The first kappa shape index (κ1) is 16.0. The van der Waals surface area contributed by atoms with E-state index in [-0.39, 0.29) is 12.5 Å². The lowest BCUT2D eigenvalue weighted by Gasteiger charge is -2.02. The van der Waals surface area contributed by atoms with Crippen LogP contribution in [0.15, 0.2) is 35.6 Å². The van der Waals surface area contributed by atoms with Crippen LogP contribution in [0, 0.1) is 0 Å². The number of rotatable bonds is 5. The number of benzene rings is 1. The number of nitrogens with zero attached hydrogens (tertiary/aromatic N) is 2. The second-order valence-corrected chi connectivity index (χ2v) is 4.94. The lowest BCUT2D eigenvalue weighted by Crippen LogP contribution is -2.31. The zero-order chi connectivity index (χ0) is 15.9. The summed E-state index contributed by atoms with van der Waals surface area (Å²) in [5, 5.41) is 8.54. The molecule has 6 nitrogen and oxygen atoms in total. The maximum absolute atomic E-state index is 11.5. The van der Waals surface area contributed by atoms with E-state index in [0.29, 0.717) is 5.11 Å². The van der Waals surface area contributed by atoms with Gasteiger partial charge in [0.25, 0.3) is 0 Å². The van der Waals surface area contributed by atoms with Gasteiger partial charge in [0.1, 0.15) is 6.54 Å². The van der Waals surface area contributed by atoms with Gasteiger partial charge in [0.05, 0.1) is 13.3 Å². The molecule has 2 aromatic rings. The van der Waals surface area contributed by atoms with Crippen LogP contribution < -0.4 is 10.7 Å². The molecule has 0 bridgehead atoms. The average molecular weight is 318 g/mol. The summed E-state index contributed by atoms with van der Waals surface area (Å²) >= 11 is 5.04. The van der Waals surface area contributed by atoms with E-state index in [1.165, 1.54) is 7.11 Å². The molecular weight excluding hydrogens is 300 g/mol. The second kappa shape index (κ2) is 7.56. The molecule has 7 heteroatoms. The first-order valence-electron chi connectivity index (χ1n) is 6.87. The quantitative estimate of drug-likeness (QED) is 0.380. The van der Waals surface area contributed by atoms with Gasteiger partial charge in [0.15, 0.2) is 5.11 Å². The van der Waals surface area contributed by atoms with Crippen molar-refractivity contribution >= 4 is 40.4 Å². The number of ether oxygens (including phenoxy) is 1. The minimum Gasteiger partial charge on any atom is -0.468 e. The molecule has 2 N–H and O–H groups in total. The highest BCUT2D eigenvalue weighted by Crippen LogP contribution is 2.20. The van der Waals surface area contributed by atoms with Gasteiger partial charge in [0, 0.05) is 29.2 Å². The van der Waals surface area contributed by atoms with Crippen molar-refractivity contribution in [2.45, 2.75) is 13.5 Å². The number of nitrogens with one attached hydrogen (secondary N) is 2. The summed E-state index contributed by atoms with van der Waals surface area (Å²) in [7, 11) is 1.38. The predicted octanol–water partition coefficient (Wildman–Crippen LogP) is 1.63. The molecule has 1 aromatic heterocycles. The lowest BCUT2D eigenvalue weighted by molar-refractivity contribution is -0.141. The van der Waals surface area contributed by atoms with Gasteiger partial charge in [-0.25, -0.2) is 0 Å². The van der Waals surface area contributed by atoms with E-state index in [1.807, 2.05) is 42.0 Å². The van der Waals surface area contributed by atoms with E-state index in [1.54, 1.807) is 6.21 Å². The minimum atomic E-state index is -0.296. The Balaban J connectivity index is 2.24. The standard InChI is InChI=1S/C15H18N4O2S/c1-3-16-15(22)18-17-8-11-9-19(10-14(20)21-2)13-7-5-4-6-12(11)13/h4-9H,3,10H2,1-2H3,(H2,16,18,22). The highest BCUT2D eigenvalue weighted by Gasteiger charge is 2.09. The van der Waals surface area contributed by atoms with Gasteiger partial charge in [-0.05, 0) is 25.2 Å². The van der Waals surface area contributed by atoms with E-state index >= 15 is 0 Å². The number of para-hydroxylation sites is 1. The molecule has 0 saturated carbocycles. The molecule has 1 aromatic carbocycles. The number of thiocarbonyl (C=S) groups is 1. The minimum absolute atomic E-state index is 0.161. The lowest BCUT2D eigenvalue weighted by atomic mass is 10.2. The first-order chi connectivity index (χ1) is 10.7. The van der Waals surface area contributed by atoms with Gasteiger partial charge < -0.3 is 14.6 Å². The van der Waals surface area contributed by atoms with E-state index in [9.17, 15) is 4.79 Å². The van der Waals surface area contributed by atoms with Crippen molar-refractivity contribution in [2.75, 3.05) is 13.7 Å². The number of hydrazone groups is 1. The normalized spacial score (nSPS) is 10.8. The topological polar surface area (TPSA) is 67.7 Å². The van der Waals surface area contributed by atoms with Crippen molar-refractivity contribution in [3.8, 4) is 0 Å². The third-order valence-corrected chi connectivity index (χ3v) is 3.29. The number of methoxy groups -OCH3 is 1. The molecule has 0 aliphatic heterocycles. The molecule has 0 amide bonds. The Labute approximate surface area is 134 Å². The van der Waals surface area contributed by atoms with Crippen molar-refractivity contribution in [1.29, 1.82) is 0 Å². The van der Waals surface area contributed by atoms with Crippen molar-refractivity contribution in [1.82, 2.24) is 15.3 Å². The van der Waals surface area contributed by atoms with Crippen LogP contribution in [0.3, 0.4) is 0 Å². The van der Waals surface area contributed by atoms with E-state index in [2.05, 4.69) is 15.8 Å². The largest absolute Gasteiger partial charge is 0.468 e. The van der Waals surface area contributed by atoms with Gasteiger partial charge >= 0.3 is 5.97 Å². The SMILES string of the molecule is CCNC(=S)NN=Cc1cn(CC(=O)OC)c2ccccc12. The Morgan fingerprint density at radius 1 is 1.45 bits per heavy atom. The van der Waals surface area contributed by atoms with Crippen molar-refractivity contribution in [2.24, 2.45) is 5.10 Å². The highest BCUT2D eigenvalue weighted by atomic mass is 32.1. The molecule has 0 saturated heterocycles. The summed E-state index contributed by atoms with van der Waals surface area (Å²) in [6.45, 7) is 2.85. The van der Waals surface area contributed by atoms with Crippen molar-refractivity contribution in [3.63, 3.8) is 0 Å². The number of hydrogen-bond donors (Lipinski definition) is 2. The molecule has 0 radical (unpaired) electrons. The monoisotopic (exact) mass is 318 g/mol. The Kier molecular flexibility index (Phi) is 5.48. The Morgan fingerprint density at radius 3 is 2.95 bits per heavy atom. The number of carbonyl (C=O) groups is 1. The van der Waals surface area contributed by atoms with E-state index < -0.39 is 0 Å². The molecule has 22 heavy (non-hydrogen) atoms. The summed E-state index contributed by atoms with van der Waals surface area (Å²) in [4.78, 5) is 11.5. The molecule has 0 aliphatic rings. The number of carbonyl (C=O) groups excluding carboxylic acids is 1. The highest BCUT2D eigenvalue weighted by molar-refractivity contribution is 7.80. The fourth-order valence-electron chi connectivity index (χ4n) is 2.07. The fraction of sp³-hybridized carbons (Fsp3) is 0.267. The zero-order valence-corrected chi connectivity index (χ0v) is 13.3. The zero-order valence-electron chi connectivity index (χ0n) is 12.5. The summed E-state index contributed by atoms with van der Waals surface area (Å²) in [6, 6.07) is 7.80. The number of esters is 1. The van der Waals surface area contributed by atoms with Gasteiger partial charge in [-0.15, -0.1) is 0 Å². The summed E-state index contributed by atoms with van der Waals surface area (Å²) in [5.41, 5.74) is 4.59. The van der Waals surface area contributed by atoms with E-state index in [0.717, 1.165) is 23.0 Å². The molecule has 116 valence electrons. The summed E-state index contributed by atoms with van der Waals surface area (Å²) in [5.74, 6) is -0.296. The van der Waals surface area contributed by atoms with Gasteiger partial charge in [-0.3, -0.25) is 10.2 Å². The predicted molar refractivity (Wildman–Crippen MR) is 91.0 cm³/mol. The maximum atomic E-state index is 11.5. The molecule has 1 heterocycles. The molecule has 0 fully saturated rings. The third kappa shape index (κ3) is 3.82. The number of aromatic nitrogens is 1. The van der Waals surface area contributed by atoms with Crippen LogP contribution in [0.25, 0.3) is 10.9 Å². The van der Waals surface area contributed by atoms with Crippen molar-refractivity contribution in [3.05, 3.63) is 36.0 Å². The van der Waals surface area contributed by atoms with Crippen LogP contribution in [0.4, 0.5) is 0 Å². The Bertz CT molecular complexity index is 709. The number of fused-ring (bicyclic) bond motifs is 1. The molecule has 0 spiro atoms. The van der Waals surface area contributed by atoms with Gasteiger partial charge in [0.2, 0.25) is 0 Å². The summed E-state index contributed by atoms with van der Waals surface area (Å²) in [6.07, 6.45) is 3.54. The fourth-order valence-corrected chi connectivity index (χ4v) is 2.27. The van der Waals surface area contributed by atoms with Crippen LogP contribution in [-0.4, -0.2) is 35.5 Å². The Morgan fingerprint density at radius 2 is 2.23 bits per heavy atom. The van der Waals surface area contributed by atoms with Crippen molar-refractivity contribution < 1.29 is 9.53 Å². The van der Waals surface area contributed by atoms with E-state index in [4.69, 9.17) is 17.0 Å². The maximum Gasteiger partial charge on any atom is 0.325 e. The second-order valence-electron chi connectivity index (χ2n) is 4.54. The van der Waals surface area contributed by atoms with Crippen LogP contribution in [0.1, 0.15) is 12.5 Å². The molecule has 2 rings (SSSR count). The molecule has 0 aliphatic carbocycles. The molecule has 0 atom stereocenters. The van der Waals surface area contributed by atoms with Crippen LogP contribution in [0.2, 0.25) is 0 Å². The van der Waals surface area contributed by atoms with Crippen LogP contribution >= 0.6 is 12.2 Å². The smallest absolute Gasteiger partial charge is 0.325 e. The molecular formula is C15H18N4O2S.